The van der Waals surface area contributed by atoms with E-state index in [-0.39, 0.29) is 17.9 Å². The van der Waals surface area contributed by atoms with E-state index >= 15 is 0 Å². The third-order valence-corrected chi connectivity index (χ3v) is 2.64. The summed E-state index contributed by atoms with van der Waals surface area (Å²) in [5, 5.41) is 9.05. The highest BCUT2D eigenvalue weighted by atomic mass is 19.1. The lowest BCUT2D eigenvalue weighted by atomic mass is 10.1. The van der Waals surface area contributed by atoms with Gasteiger partial charge in [0.05, 0.1) is 12.2 Å². The molecule has 0 radical (unpaired) electrons. The summed E-state index contributed by atoms with van der Waals surface area (Å²) in [4.78, 5) is 11.4. The molecule has 2 aromatic rings. The van der Waals surface area contributed by atoms with Gasteiger partial charge in [0.15, 0.2) is 5.78 Å². The summed E-state index contributed by atoms with van der Waals surface area (Å²) in [6.07, 6.45) is 0. The molecule has 3 nitrogen and oxygen atoms in total. The number of aliphatic hydroxyl groups excluding tert-OH is 1. The van der Waals surface area contributed by atoms with E-state index in [1.165, 1.54) is 25.1 Å². The first kappa shape index (κ1) is 13.2. The van der Waals surface area contributed by atoms with Gasteiger partial charge in [-0.1, -0.05) is 18.2 Å². The van der Waals surface area contributed by atoms with Gasteiger partial charge in [-0.05, 0) is 36.8 Å². The van der Waals surface area contributed by atoms with Gasteiger partial charge in [0, 0.05) is 0 Å². The second-order valence-electron chi connectivity index (χ2n) is 4.08. The Hall–Kier alpha value is -2.20. The number of benzene rings is 2. The Balaban J connectivity index is 2.38. The molecule has 2 aromatic carbocycles. The molecule has 0 amide bonds. The van der Waals surface area contributed by atoms with Crippen LogP contribution in [0.15, 0.2) is 42.5 Å². The number of Topliss-reactive ketones (excluding diaryl/α,β-unsaturated/α-hetero) is 1. The van der Waals surface area contributed by atoms with Crippen molar-refractivity contribution in [3.05, 3.63) is 59.4 Å². The Labute approximate surface area is 110 Å². The van der Waals surface area contributed by atoms with Gasteiger partial charge in [0.25, 0.3) is 0 Å². The first-order valence-electron chi connectivity index (χ1n) is 5.79. The van der Waals surface area contributed by atoms with Gasteiger partial charge in [-0.3, -0.25) is 4.79 Å². The summed E-state index contributed by atoms with van der Waals surface area (Å²) in [6, 6.07) is 11.0. The van der Waals surface area contributed by atoms with Crippen LogP contribution >= 0.6 is 0 Å². The average Bonchev–Trinajstić information content (AvgIpc) is 2.38. The number of ketones is 1. The van der Waals surface area contributed by atoms with Crippen molar-refractivity contribution in [2.24, 2.45) is 0 Å². The molecule has 0 spiro atoms. The third kappa shape index (κ3) is 2.98. The maximum Gasteiger partial charge on any atom is 0.166 e. The normalized spacial score (nSPS) is 10.3. The fourth-order valence-corrected chi connectivity index (χ4v) is 1.77. The quantitative estimate of drug-likeness (QED) is 0.858. The van der Waals surface area contributed by atoms with Crippen LogP contribution in [0.25, 0.3) is 0 Å². The van der Waals surface area contributed by atoms with Gasteiger partial charge in [0.2, 0.25) is 0 Å². The van der Waals surface area contributed by atoms with Crippen LogP contribution in [0.5, 0.6) is 11.5 Å². The fourth-order valence-electron chi connectivity index (χ4n) is 1.77. The van der Waals surface area contributed by atoms with Crippen molar-refractivity contribution in [1.29, 1.82) is 0 Å². The van der Waals surface area contributed by atoms with E-state index in [1.807, 2.05) is 0 Å². The first-order chi connectivity index (χ1) is 9.11. The monoisotopic (exact) mass is 260 g/mol. The summed E-state index contributed by atoms with van der Waals surface area (Å²) < 4.78 is 19.1. The highest BCUT2D eigenvalue weighted by Gasteiger charge is 2.14. The topological polar surface area (TPSA) is 46.5 Å². The Kier molecular flexibility index (Phi) is 3.92. The predicted molar refractivity (Wildman–Crippen MR) is 68.8 cm³/mol. The van der Waals surface area contributed by atoms with Crippen LogP contribution in [-0.4, -0.2) is 10.9 Å². The SMILES string of the molecule is CC(=O)c1c(F)cccc1Oc1cccc(CO)c1. The van der Waals surface area contributed by atoms with E-state index in [9.17, 15) is 9.18 Å². The van der Waals surface area contributed by atoms with Crippen molar-refractivity contribution >= 4 is 5.78 Å². The average molecular weight is 260 g/mol. The van der Waals surface area contributed by atoms with Crippen molar-refractivity contribution in [2.75, 3.05) is 0 Å². The minimum Gasteiger partial charge on any atom is -0.456 e. The van der Waals surface area contributed by atoms with Crippen LogP contribution in [-0.2, 0) is 6.61 Å². The van der Waals surface area contributed by atoms with Gasteiger partial charge in [-0.15, -0.1) is 0 Å². The molecular formula is C15H13FO3. The van der Waals surface area contributed by atoms with Crippen LogP contribution in [0.1, 0.15) is 22.8 Å². The molecule has 0 heterocycles. The van der Waals surface area contributed by atoms with Gasteiger partial charge in [-0.2, -0.15) is 0 Å². The molecule has 0 saturated carbocycles. The first-order valence-corrected chi connectivity index (χ1v) is 5.79. The molecule has 98 valence electrons. The molecule has 4 heteroatoms. The van der Waals surface area contributed by atoms with Gasteiger partial charge in [0.1, 0.15) is 17.3 Å². The molecule has 0 fully saturated rings. The number of carbonyl (C=O) groups is 1. The smallest absolute Gasteiger partial charge is 0.166 e. The van der Waals surface area contributed by atoms with E-state index in [0.717, 1.165) is 0 Å². The summed E-state index contributed by atoms with van der Waals surface area (Å²) in [5.41, 5.74) is 0.607. The van der Waals surface area contributed by atoms with Crippen LogP contribution in [0, 0.1) is 5.82 Å². The summed E-state index contributed by atoms with van der Waals surface area (Å²) in [5.74, 6) is -0.392. The molecular weight excluding hydrogens is 247 g/mol. The van der Waals surface area contributed by atoms with Gasteiger partial charge in [-0.25, -0.2) is 4.39 Å². The van der Waals surface area contributed by atoms with E-state index < -0.39 is 11.6 Å². The van der Waals surface area contributed by atoms with Crippen LogP contribution < -0.4 is 4.74 Å². The molecule has 2 rings (SSSR count). The predicted octanol–water partition coefficient (Wildman–Crippen LogP) is 3.31. The van der Waals surface area contributed by atoms with Gasteiger partial charge < -0.3 is 9.84 Å². The second-order valence-corrected chi connectivity index (χ2v) is 4.08. The number of aliphatic hydroxyl groups is 1. The fraction of sp³-hybridized carbons (Fsp3) is 0.133. The van der Waals surface area contributed by atoms with E-state index in [4.69, 9.17) is 9.84 Å². The largest absolute Gasteiger partial charge is 0.456 e. The number of hydrogen-bond acceptors (Lipinski definition) is 3. The number of halogens is 1. The number of carbonyl (C=O) groups excluding carboxylic acids is 1. The Bertz CT molecular complexity index is 608. The summed E-state index contributed by atoms with van der Waals surface area (Å²) in [7, 11) is 0. The second kappa shape index (κ2) is 5.63. The lowest BCUT2D eigenvalue weighted by molar-refractivity contribution is 0.101. The minimum absolute atomic E-state index is 0.0723. The van der Waals surface area contributed by atoms with Gasteiger partial charge >= 0.3 is 0 Å². The minimum atomic E-state index is -0.608. The number of hydrogen-bond donors (Lipinski definition) is 1. The molecule has 0 aliphatic rings. The number of rotatable bonds is 4. The molecule has 0 saturated heterocycles. The molecule has 0 unspecified atom stereocenters. The highest BCUT2D eigenvalue weighted by Crippen LogP contribution is 2.28. The van der Waals surface area contributed by atoms with Crippen LogP contribution in [0.4, 0.5) is 4.39 Å². The van der Waals surface area contributed by atoms with Crippen LogP contribution in [0.2, 0.25) is 0 Å². The Morgan fingerprint density at radius 3 is 2.68 bits per heavy atom. The van der Waals surface area contributed by atoms with Crippen molar-refractivity contribution in [1.82, 2.24) is 0 Å². The van der Waals surface area contributed by atoms with E-state index in [0.29, 0.717) is 11.3 Å². The van der Waals surface area contributed by atoms with Crippen molar-refractivity contribution < 1.29 is 19.0 Å². The maximum absolute atomic E-state index is 13.6. The standard InChI is InChI=1S/C15H13FO3/c1-10(18)15-13(16)6-3-7-14(15)19-12-5-2-4-11(8-12)9-17/h2-8,17H,9H2,1H3. The number of ether oxygens (including phenoxy) is 1. The molecule has 1 N–H and O–H groups in total. The summed E-state index contributed by atoms with van der Waals surface area (Å²) >= 11 is 0. The molecule has 0 aromatic heterocycles. The Morgan fingerprint density at radius 1 is 1.26 bits per heavy atom. The molecule has 0 atom stereocenters. The third-order valence-electron chi connectivity index (χ3n) is 2.64. The lowest BCUT2D eigenvalue weighted by Crippen LogP contribution is -2.01. The van der Waals surface area contributed by atoms with Crippen molar-refractivity contribution in [3.63, 3.8) is 0 Å². The van der Waals surface area contributed by atoms with E-state index in [2.05, 4.69) is 0 Å². The Morgan fingerprint density at radius 2 is 2.00 bits per heavy atom. The lowest BCUT2D eigenvalue weighted by Gasteiger charge is -2.10. The van der Waals surface area contributed by atoms with Crippen LogP contribution in [0.3, 0.4) is 0 Å². The molecule has 0 bridgehead atoms. The zero-order valence-electron chi connectivity index (χ0n) is 10.4. The van der Waals surface area contributed by atoms with E-state index in [1.54, 1.807) is 24.3 Å². The van der Waals surface area contributed by atoms with Crippen molar-refractivity contribution in [3.8, 4) is 11.5 Å². The zero-order chi connectivity index (χ0) is 13.8. The molecule has 19 heavy (non-hydrogen) atoms. The maximum atomic E-state index is 13.6. The zero-order valence-corrected chi connectivity index (χ0v) is 10.4. The molecule has 0 aliphatic carbocycles. The molecule has 0 aliphatic heterocycles. The highest BCUT2D eigenvalue weighted by molar-refractivity contribution is 5.97. The van der Waals surface area contributed by atoms with Crippen molar-refractivity contribution in [2.45, 2.75) is 13.5 Å². The summed E-state index contributed by atoms with van der Waals surface area (Å²) in [6.45, 7) is 1.18.